The number of halogens is 1. The molecule has 0 bridgehead atoms. The van der Waals surface area contributed by atoms with Crippen LogP contribution in [0.4, 0.5) is 5.69 Å². The monoisotopic (exact) mass is 423 g/mol. The maximum Gasteiger partial charge on any atom is 0.227 e. The molecule has 0 spiro atoms. The predicted octanol–water partition coefficient (Wildman–Crippen LogP) is 5.03. The Kier molecular flexibility index (Phi) is 4.87. The lowest BCUT2D eigenvalue weighted by Crippen LogP contribution is -2.24. The van der Waals surface area contributed by atoms with Crippen LogP contribution in [-0.2, 0) is 17.8 Å². The molecule has 1 unspecified atom stereocenters. The summed E-state index contributed by atoms with van der Waals surface area (Å²) in [7, 11) is 0. The Morgan fingerprint density at radius 3 is 2.67 bits per heavy atom. The van der Waals surface area contributed by atoms with E-state index in [-0.39, 0.29) is 11.8 Å². The molecule has 3 aromatic rings. The number of amides is 1. The summed E-state index contributed by atoms with van der Waals surface area (Å²) >= 11 is 3.48. The number of aryl methyl sites for hydroxylation is 1. The molecule has 138 valence electrons. The molecule has 5 heteroatoms. The van der Waals surface area contributed by atoms with Crippen LogP contribution in [0.25, 0.3) is 11.0 Å². The van der Waals surface area contributed by atoms with Crippen LogP contribution >= 0.6 is 15.9 Å². The number of fused-ring (bicyclic) bond motifs is 1. The van der Waals surface area contributed by atoms with Gasteiger partial charge >= 0.3 is 0 Å². The van der Waals surface area contributed by atoms with Gasteiger partial charge in [-0.1, -0.05) is 53.7 Å². The highest BCUT2D eigenvalue weighted by Crippen LogP contribution is 2.33. The average Bonchev–Trinajstić information content (AvgIpc) is 3.22. The topological polar surface area (TPSA) is 38.1 Å². The summed E-state index contributed by atoms with van der Waals surface area (Å²) in [6, 6.07) is 16.4. The zero-order valence-corrected chi connectivity index (χ0v) is 16.9. The number of para-hydroxylation sites is 2. The normalized spacial score (nSPS) is 17.0. The quantitative estimate of drug-likeness (QED) is 0.577. The summed E-state index contributed by atoms with van der Waals surface area (Å²) < 4.78 is 3.07. The van der Waals surface area contributed by atoms with Gasteiger partial charge in [0.05, 0.1) is 17.6 Å². The number of hydrogen-bond acceptors (Lipinski definition) is 2. The highest BCUT2D eigenvalue weighted by Gasteiger charge is 2.34. The SMILES string of the molecule is C=C(Br)Cn1c(C2CC(=O)N(c3ccc(CC)cc3)C2)nc2ccccc21. The van der Waals surface area contributed by atoms with E-state index in [1.54, 1.807) is 0 Å². The van der Waals surface area contributed by atoms with Gasteiger partial charge in [0.25, 0.3) is 0 Å². The number of nitrogens with zero attached hydrogens (tertiary/aromatic N) is 3. The van der Waals surface area contributed by atoms with Gasteiger partial charge in [-0.3, -0.25) is 4.79 Å². The second-order valence-electron chi connectivity index (χ2n) is 6.99. The Labute approximate surface area is 167 Å². The average molecular weight is 424 g/mol. The van der Waals surface area contributed by atoms with Crippen molar-refractivity contribution in [2.45, 2.75) is 32.2 Å². The minimum absolute atomic E-state index is 0.0719. The zero-order chi connectivity index (χ0) is 19.0. The molecular weight excluding hydrogens is 402 g/mol. The molecule has 1 fully saturated rings. The Balaban J connectivity index is 1.68. The van der Waals surface area contributed by atoms with Gasteiger partial charge in [0.1, 0.15) is 5.82 Å². The maximum atomic E-state index is 12.7. The molecule has 27 heavy (non-hydrogen) atoms. The van der Waals surface area contributed by atoms with Gasteiger partial charge in [-0.15, -0.1) is 0 Å². The Hall–Kier alpha value is -2.40. The number of benzene rings is 2. The van der Waals surface area contributed by atoms with Crippen LogP contribution in [0.3, 0.4) is 0 Å². The van der Waals surface area contributed by atoms with E-state index < -0.39 is 0 Å². The first kappa shape index (κ1) is 18.0. The molecule has 2 heterocycles. The number of imidazole rings is 1. The van der Waals surface area contributed by atoms with Crippen molar-refractivity contribution in [2.75, 3.05) is 11.4 Å². The summed E-state index contributed by atoms with van der Waals surface area (Å²) in [4.78, 5) is 19.5. The van der Waals surface area contributed by atoms with E-state index in [4.69, 9.17) is 4.98 Å². The van der Waals surface area contributed by atoms with E-state index in [1.165, 1.54) is 5.56 Å². The van der Waals surface area contributed by atoms with Crippen LogP contribution in [0.15, 0.2) is 59.6 Å². The highest BCUT2D eigenvalue weighted by atomic mass is 79.9. The number of carbonyl (C=O) groups is 1. The lowest BCUT2D eigenvalue weighted by molar-refractivity contribution is -0.117. The third-order valence-electron chi connectivity index (χ3n) is 5.16. The van der Waals surface area contributed by atoms with Crippen molar-refractivity contribution < 1.29 is 4.79 Å². The van der Waals surface area contributed by atoms with Gasteiger partial charge in [-0.25, -0.2) is 4.98 Å². The lowest BCUT2D eigenvalue weighted by Gasteiger charge is -2.18. The van der Waals surface area contributed by atoms with Gasteiger partial charge in [0, 0.05) is 29.1 Å². The van der Waals surface area contributed by atoms with Crippen LogP contribution < -0.4 is 4.90 Å². The third kappa shape index (κ3) is 3.44. The van der Waals surface area contributed by atoms with Crippen LogP contribution in [0.5, 0.6) is 0 Å². The molecule has 0 N–H and O–H groups in total. The number of carbonyl (C=O) groups excluding carboxylic acids is 1. The lowest BCUT2D eigenvalue weighted by atomic mass is 10.1. The molecule has 2 aromatic carbocycles. The van der Waals surface area contributed by atoms with E-state index in [1.807, 2.05) is 35.2 Å². The number of hydrogen-bond donors (Lipinski definition) is 0. The van der Waals surface area contributed by atoms with Gasteiger partial charge in [0.2, 0.25) is 5.91 Å². The molecule has 0 saturated carbocycles. The molecule has 4 rings (SSSR count). The molecule has 1 atom stereocenters. The fourth-order valence-electron chi connectivity index (χ4n) is 3.79. The van der Waals surface area contributed by atoms with Gasteiger partial charge < -0.3 is 9.47 Å². The summed E-state index contributed by atoms with van der Waals surface area (Å²) in [5, 5.41) is 0. The zero-order valence-electron chi connectivity index (χ0n) is 15.4. The van der Waals surface area contributed by atoms with Crippen molar-refractivity contribution in [1.82, 2.24) is 9.55 Å². The number of allylic oxidation sites excluding steroid dienone is 1. The predicted molar refractivity (Wildman–Crippen MR) is 113 cm³/mol. The first-order valence-corrected chi connectivity index (χ1v) is 10.0. The number of anilines is 1. The van der Waals surface area contributed by atoms with Crippen molar-refractivity contribution >= 4 is 38.6 Å². The highest BCUT2D eigenvalue weighted by molar-refractivity contribution is 9.11. The van der Waals surface area contributed by atoms with Crippen LogP contribution in [0.1, 0.15) is 30.7 Å². The van der Waals surface area contributed by atoms with E-state index in [0.717, 1.165) is 33.4 Å². The van der Waals surface area contributed by atoms with Crippen LogP contribution in [0, 0.1) is 0 Å². The molecular formula is C22H22BrN3O. The Bertz CT molecular complexity index is 1010. The minimum atomic E-state index is 0.0719. The van der Waals surface area contributed by atoms with Crippen molar-refractivity contribution in [1.29, 1.82) is 0 Å². The fraction of sp³-hybridized carbons (Fsp3) is 0.273. The van der Waals surface area contributed by atoms with Gasteiger partial charge in [-0.05, 0) is 36.2 Å². The van der Waals surface area contributed by atoms with E-state index in [9.17, 15) is 4.79 Å². The number of rotatable bonds is 5. The van der Waals surface area contributed by atoms with Crippen LogP contribution in [-0.4, -0.2) is 22.0 Å². The minimum Gasteiger partial charge on any atom is -0.323 e. The first-order valence-electron chi connectivity index (χ1n) is 9.24. The molecule has 1 aromatic heterocycles. The Morgan fingerprint density at radius 2 is 1.96 bits per heavy atom. The van der Waals surface area contributed by atoms with E-state index >= 15 is 0 Å². The molecule has 0 radical (unpaired) electrons. The third-order valence-corrected chi connectivity index (χ3v) is 5.41. The Morgan fingerprint density at radius 1 is 1.22 bits per heavy atom. The van der Waals surface area contributed by atoms with Crippen molar-refractivity contribution in [3.8, 4) is 0 Å². The molecule has 1 saturated heterocycles. The molecule has 1 amide bonds. The molecule has 4 nitrogen and oxygen atoms in total. The summed E-state index contributed by atoms with van der Waals surface area (Å²) in [6.45, 7) is 7.42. The van der Waals surface area contributed by atoms with E-state index in [2.05, 4.69) is 52.2 Å². The smallest absolute Gasteiger partial charge is 0.227 e. The standard InChI is InChI=1S/C22H22BrN3O/c1-3-16-8-10-18(11-9-16)25-14-17(12-21(25)27)22-24-19-6-4-5-7-20(19)26(22)13-15(2)23/h4-11,17H,2-3,12-14H2,1H3. The second kappa shape index (κ2) is 7.31. The van der Waals surface area contributed by atoms with Gasteiger partial charge in [-0.2, -0.15) is 0 Å². The summed E-state index contributed by atoms with van der Waals surface area (Å²) in [5.41, 5.74) is 4.28. The van der Waals surface area contributed by atoms with Crippen LogP contribution in [0.2, 0.25) is 0 Å². The van der Waals surface area contributed by atoms with Crippen molar-refractivity contribution in [3.05, 3.63) is 71.0 Å². The summed E-state index contributed by atoms with van der Waals surface area (Å²) in [6.07, 6.45) is 1.48. The van der Waals surface area contributed by atoms with Gasteiger partial charge in [0.15, 0.2) is 0 Å². The number of aromatic nitrogens is 2. The van der Waals surface area contributed by atoms with Crippen molar-refractivity contribution in [3.63, 3.8) is 0 Å². The van der Waals surface area contributed by atoms with E-state index in [0.29, 0.717) is 19.5 Å². The molecule has 1 aliphatic rings. The largest absolute Gasteiger partial charge is 0.323 e. The second-order valence-corrected chi connectivity index (χ2v) is 8.11. The summed E-state index contributed by atoms with van der Waals surface area (Å²) in [5.74, 6) is 1.18. The molecule has 1 aliphatic heterocycles. The first-order chi connectivity index (χ1) is 13.1. The maximum absolute atomic E-state index is 12.7. The van der Waals surface area contributed by atoms with Crippen molar-refractivity contribution in [2.24, 2.45) is 0 Å². The fourth-order valence-corrected chi connectivity index (χ4v) is 4.04. The molecule has 0 aliphatic carbocycles.